The summed E-state index contributed by atoms with van der Waals surface area (Å²) in [6.45, 7) is 4.15. The Balaban J connectivity index is 2.29. The number of ether oxygens (including phenoxy) is 2. The number of methoxy groups -OCH3 is 2. The van der Waals surface area contributed by atoms with E-state index in [9.17, 15) is 4.79 Å². The van der Waals surface area contributed by atoms with Crippen LogP contribution in [0, 0.1) is 11.8 Å². The Hall–Kier alpha value is -0.650. The van der Waals surface area contributed by atoms with Crippen LogP contribution in [0.3, 0.4) is 0 Å². The molecule has 2 atom stereocenters. The zero-order valence-corrected chi connectivity index (χ0v) is 9.58. The molecule has 2 unspecified atom stereocenters. The van der Waals surface area contributed by atoms with Gasteiger partial charge in [0.25, 0.3) is 0 Å². The van der Waals surface area contributed by atoms with Crippen molar-refractivity contribution in [1.82, 2.24) is 10.6 Å². The lowest BCUT2D eigenvalue weighted by atomic mass is 9.97. The molecule has 1 fully saturated rings. The second-order valence-corrected chi connectivity index (χ2v) is 3.89. The van der Waals surface area contributed by atoms with Crippen LogP contribution in [0.5, 0.6) is 0 Å². The Morgan fingerprint density at radius 2 is 2.13 bits per heavy atom. The third-order valence-electron chi connectivity index (χ3n) is 2.82. The summed E-state index contributed by atoms with van der Waals surface area (Å²) >= 11 is 0. The molecule has 0 radical (unpaired) electrons. The first kappa shape index (κ1) is 12.4. The minimum absolute atomic E-state index is 0.0689. The highest BCUT2D eigenvalue weighted by atomic mass is 16.7. The average Bonchev–Trinajstić information content (AvgIpc) is 2.66. The molecule has 5 nitrogen and oxygen atoms in total. The van der Waals surface area contributed by atoms with E-state index in [4.69, 9.17) is 9.47 Å². The molecule has 2 N–H and O–H groups in total. The molecule has 88 valence electrons. The first-order valence-electron chi connectivity index (χ1n) is 5.23. The van der Waals surface area contributed by atoms with E-state index in [1.54, 1.807) is 14.2 Å². The summed E-state index contributed by atoms with van der Waals surface area (Å²) in [6.07, 6.45) is -0.362. The van der Waals surface area contributed by atoms with Crippen molar-refractivity contribution in [1.29, 1.82) is 0 Å². The van der Waals surface area contributed by atoms with Crippen LogP contribution in [0.15, 0.2) is 0 Å². The summed E-state index contributed by atoms with van der Waals surface area (Å²) in [5.74, 6) is 0.541. The molecule has 0 aromatic rings. The number of hydrogen-bond donors (Lipinski definition) is 2. The number of nitrogens with one attached hydrogen (secondary N) is 2. The summed E-state index contributed by atoms with van der Waals surface area (Å²) in [4.78, 5) is 11.7. The molecule has 1 saturated heterocycles. The van der Waals surface area contributed by atoms with Crippen molar-refractivity contribution in [2.45, 2.75) is 13.2 Å². The molecule has 1 aliphatic heterocycles. The second-order valence-electron chi connectivity index (χ2n) is 3.89. The predicted octanol–water partition coefficient (Wildman–Crippen LogP) is -0.423. The van der Waals surface area contributed by atoms with Crippen molar-refractivity contribution in [3.8, 4) is 0 Å². The Bertz CT molecular complexity index is 207. The molecular weight excluding hydrogens is 196 g/mol. The zero-order chi connectivity index (χ0) is 11.3. The average molecular weight is 216 g/mol. The highest BCUT2D eigenvalue weighted by Gasteiger charge is 2.29. The lowest BCUT2D eigenvalue weighted by molar-refractivity contribution is -0.131. The molecule has 0 saturated carbocycles. The van der Waals surface area contributed by atoms with E-state index < -0.39 is 0 Å². The fraction of sp³-hybridized carbons (Fsp3) is 0.900. The van der Waals surface area contributed by atoms with Gasteiger partial charge in [-0.15, -0.1) is 0 Å². The van der Waals surface area contributed by atoms with Gasteiger partial charge < -0.3 is 20.1 Å². The summed E-state index contributed by atoms with van der Waals surface area (Å²) in [6, 6.07) is 0. The van der Waals surface area contributed by atoms with E-state index in [1.807, 2.05) is 0 Å². The smallest absolute Gasteiger partial charge is 0.224 e. The molecule has 5 heteroatoms. The Morgan fingerprint density at radius 1 is 1.47 bits per heavy atom. The Morgan fingerprint density at radius 3 is 2.60 bits per heavy atom. The third-order valence-corrected chi connectivity index (χ3v) is 2.82. The quantitative estimate of drug-likeness (QED) is 0.613. The van der Waals surface area contributed by atoms with Gasteiger partial charge in [-0.1, -0.05) is 6.92 Å². The number of carbonyl (C=O) groups is 1. The molecule has 15 heavy (non-hydrogen) atoms. The van der Waals surface area contributed by atoms with E-state index in [-0.39, 0.29) is 18.1 Å². The van der Waals surface area contributed by atoms with Crippen molar-refractivity contribution in [2.24, 2.45) is 11.8 Å². The maximum absolute atomic E-state index is 11.7. The SMILES string of the molecule is COC(CNC(=O)C1CNCC1C)OC. The maximum Gasteiger partial charge on any atom is 0.224 e. The van der Waals surface area contributed by atoms with Crippen molar-refractivity contribution < 1.29 is 14.3 Å². The first-order chi connectivity index (χ1) is 7.19. The van der Waals surface area contributed by atoms with Gasteiger partial charge in [0.15, 0.2) is 6.29 Å². The van der Waals surface area contributed by atoms with Gasteiger partial charge in [-0.05, 0) is 12.5 Å². The largest absolute Gasteiger partial charge is 0.354 e. The Kier molecular flexibility index (Phi) is 5.01. The highest BCUT2D eigenvalue weighted by Crippen LogP contribution is 2.15. The second kappa shape index (κ2) is 6.05. The van der Waals surface area contributed by atoms with E-state index in [2.05, 4.69) is 17.6 Å². The van der Waals surface area contributed by atoms with E-state index in [0.717, 1.165) is 13.1 Å². The van der Waals surface area contributed by atoms with Gasteiger partial charge in [0, 0.05) is 20.8 Å². The van der Waals surface area contributed by atoms with Crippen molar-refractivity contribution in [3.63, 3.8) is 0 Å². The van der Waals surface area contributed by atoms with Crippen LogP contribution in [-0.4, -0.2) is 46.1 Å². The Labute approximate surface area is 90.5 Å². The number of hydrogen-bond acceptors (Lipinski definition) is 4. The topological polar surface area (TPSA) is 59.6 Å². The normalized spacial score (nSPS) is 25.9. The minimum atomic E-state index is -0.362. The van der Waals surface area contributed by atoms with E-state index >= 15 is 0 Å². The standard InChI is InChI=1S/C10H20N2O3/c1-7-4-11-5-8(7)10(13)12-6-9(14-2)15-3/h7-9,11H,4-6H2,1-3H3,(H,12,13). The van der Waals surface area contributed by atoms with Crippen LogP contribution in [0.25, 0.3) is 0 Å². The highest BCUT2D eigenvalue weighted by molar-refractivity contribution is 5.79. The fourth-order valence-corrected chi connectivity index (χ4v) is 1.74. The molecule has 1 heterocycles. The van der Waals surface area contributed by atoms with Gasteiger partial charge >= 0.3 is 0 Å². The summed E-state index contributed by atoms with van der Waals surface area (Å²) < 4.78 is 9.97. The first-order valence-corrected chi connectivity index (χ1v) is 5.23. The molecular formula is C10H20N2O3. The van der Waals surface area contributed by atoms with Gasteiger partial charge in [0.05, 0.1) is 12.5 Å². The molecule has 0 aliphatic carbocycles. The molecule has 0 spiro atoms. The van der Waals surface area contributed by atoms with Gasteiger partial charge in [0.2, 0.25) is 5.91 Å². The number of amides is 1. The molecule has 0 bridgehead atoms. The van der Waals surface area contributed by atoms with Crippen LogP contribution < -0.4 is 10.6 Å². The molecule has 1 amide bonds. The van der Waals surface area contributed by atoms with Crippen molar-refractivity contribution in [2.75, 3.05) is 33.9 Å². The molecule has 0 aromatic heterocycles. The van der Waals surface area contributed by atoms with Crippen molar-refractivity contribution >= 4 is 5.91 Å². The minimum Gasteiger partial charge on any atom is -0.354 e. The van der Waals surface area contributed by atoms with Crippen LogP contribution in [0.2, 0.25) is 0 Å². The van der Waals surface area contributed by atoms with Gasteiger partial charge in [-0.3, -0.25) is 4.79 Å². The van der Waals surface area contributed by atoms with Crippen LogP contribution in [0.4, 0.5) is 0 Å². The zero-order valence-electron chi connectivity index (χ0n) is 9.58. The molecule has 0 aromatic carbocycles. The van der Waals surface area contributed by atoms with Gasteiger partial charge in [0.1, 0.15) is 0 Å². The number of rotatable bonds is 5. The van der Waals surface area contributed by atoms with E-state index in [1.165, 1.54) is 0 Å². The molecule has 1 aliphatic rings. The van der Waals surface area contributed by atoms with Crippen LogP contribution >= 0.6 is 0 Å². The maximum atomic E-state index is 11.7. The summed E-state index contributed by atoms with van der Waals surface area (Å²) in [7, 11) is 3.11. The van der Waals surface area contributed by atoms with E-state index in [0.29, 0.717) is 12.5 Å². The van der Waals surface area contributed by atoms with Crippen LogP contribution in [0.1, 0.15) is 6.92 Å². The van der Waals surface area contributed by atoms with Crippen LogP contribution in [-0.2, 0) is 14.3 Å². The molecule has 1 rings (SSSR count). The monoisotopic (exact) mass is 216 g/mol. The lowest BCUT2D eigenvalue weighted by Gasteiger charge is -2.17. The van der Waals surface area contributed by atoms with Gasteiger partial charge in [-0.2, -0.15) is 0 Å². The fourth-order valence-electron chi connectivity index (χ4n) is 1.74. The summed E-state index contributed by atoms with van der Waals surface area (Å²) in [5.41, 5.74) is 0. The van der Waals surface area contributed by atoms with Gasteiger partial charge in [-0.25, -0.2) is 0 Å². The van der Waals surface area contributed by atoms with Crippen molar-refractivity contribution in [3.05, 3.63) is 0 Å². The third kappa shape index (κ3) is 3.44. The number of carbonyl (C=O) groups excluding carboxylic acids is 1. The predicted molar refractivity (Wildman–Crippen MR) is 56.3 cm³/mol. The summed E-state index contributed by atoms with van der Waals surface area (Å²) in [5, 5.41) is 6.02. The lowest BCUT2D eigenvalue weighted by Crippen LogP contribution is -2.39.